The molecule has 0 heterocycles. The highest BCUT2D eigenvalue weighted by Gasteiger charge is 2.15. The predicted molar refractivity (Wildman–Crippen MR) is 75.2 cm³/mol. The fourth-order valence-electron chi connectivity index (χ4n) is 1.52. The van der Waals surface area contributed by atoms with Gasteiger partial charge in [0.15, 0.2) is 0 Å². The Morgan fingerprint density at radius 1 is 1.32 bits per heavy atom. The molecule has 0 aromatic heterocycles. The summed E-state index contributed by atoms with van der Waals surface area (Å²) >= 11 is 0. The molecule has 1 rings (SSSR count). The minimum Gasteiger partial charge on any atom is -0.351 e. The second kappa shape index (κ2) is 7.55. The van der Waals surface area contributed by atoms with Gasteiger partial charge in [-0.2, -0.15) is 5.26 Å². The van der Waals surface area contributed by atoms with Crippen molar-refractivity contribution in [3.05, 3.63) is 35.9 Å². The Balaban J connectivity index is 2.14. The largest absolute Gasteiger partial charge is 0.351 e. The Bertz CT molecular complexity index is 434. The first-order valence-electron chi connectivity index (χ1n) is 6.46. The highest BCUT2D eigenvalue weighted by atomic mass is 16.1. The number of carbonyl (C=O) groups excluding carboxylic acids is 1. The number of nitriles is 1. The third kappa shape index (κ3) is 6.58. The van der Waals surface area contributed by atoms with Crippen LogP contribution in [0.3, 0.4) is 0 Å². The predicted octanol–water partition coefficient (Wildman–Crippen LogP) is 1.83. The fourth-order valence-corrected chi connectivity index (χ4v) is 1.52. The number of rotatable bonds is 7. The van der Waals surface area contributed by atoms with Crippen LogP contribution in [0.15, 0.2) is 30.3 Å². The Labute approximate surface area is 114 Å². The molecule has 1 aromatic rings. The summed E-state index contributed by atoms with van der Waals surface area (Å²) in [5.74, 6) is -0.0291. The summed E-state index contributed by atoms with van der Waals surface area (Å²) < 4.78 is 0. The number of nitrogens with zero attached hydrogens (tertiary/aromatic N) is 1. The van der Waals surface area contributed by atoms with Gasteiger partial charge in [-0.3, -0.25) is 4.79 Å². The third-order valence-corrected chi connectivity index (χ3v) is 2.85. The van der Waals surface area contributed by atoms with E-state index in [0.29, 0.717) is 13.1 Å². The van der Waals surface area contributed by atoms with E-state index in [1.54, 1.807) is 0 Å². The zero-order valence-corrected chi connectivity index (χ0v) is 11.6. The average molecular weight is 259 g/mol. The van der Waals surface area contributed by atoms with E-state index < -0.39 is 0 Å². The van der Waals surface area contributed by atoms with Gasteiger partial charge < -0.3 is 10.6 Å². The second-order valence-electron chi connectivity index (χ2n) is 5.18. The van der Waals surface area contributed by atoms with E-state index in [1.165, 1.54) is 0 Å². The lowest BCUT2D eigenvalue weighted by Crippen LogP contribution is -2.34. The van der Waals surface area contributed by atoms with Gasteiger partial charge in [0.05, 0.1) is 18.0 Å². The van der Waals surface area contributed by atoms with Gasteiger partial charge in [-0.15, -0.1) is 0 Å². The smallest absolute Gasteiger partial charge is 0.234 e. The molecule has 2 N–H and O–H groups in total. The quantitative estimate of drug-likeness (QED) is 0.734. The molecular weight excluding hydrogens is 238 g/mol. The summed E-state index contributed by atoms with van der Waals surface area (Å²) in [6.07, 6.45) is 0.732. The number of nitrogens with one attached hydrogen (secondary N) is 2. The molecule has 0 unspecified atom stereocenters. The zero-order chi connectivity index (χ0) is 14.1. The first-order chi connectivity index (χ1) is 9.03. The number of carbonyl (C=O) groups is 1. The molecule has 0 atom stereocenters. The molecule has 0 saturated carbocycles. The minimum absolute atomic E-state index is 0.0291. The molecule has 0 aliphatic rings. The highest BCUT2D eigenvalue weighted by Crippen LogP contribution is 2.16. The maximum Gasteiger partial charge on any atom is 0.234 e. The molecule has 0 bridgehead atoms. The number of benzene rings is 1. The van der Waals surface area contributed by atoms with Crippen molar-refractivity contribution >= 4 is 5.91 Å². The van der Waals surface area contributed by atoms with Crippen LogP contribution in [-0.2, 0) is 11.3 Å². The molecular formula is C15H21N3O. The summed E-state index contributed by atoms with van der Waals surface area (Å²) in [5.41, 5.74) is 0.745. The van der Waals surface area contributed by atoms with Crippen LogP contribution in [0, 0.1) is 16.7 Å². The van der Waals surface area contributed by atoms with E-state index >= 15 is 0 Å². The van der Waals surface area contributed by atoms with Crippen LogP contribution in [0.25, 0.3) is 0 Å². The molecule has 0 radical (unpaired) electrons. The van der Waals surface area contributed by atoms with Gasteiger partial charge in [0.25, 0.3) is 0 Å². The molecule has 1 amide bonds. The Hall–Kier alpha value is -1.86. The van der Waals surface area contributed by atoms with E-state index in [2.05, 4.69) is 16.7 Å². The van der Waals surface area contributed by atoms with Crippen molar-refractivity contribution in [1.29, 1.82) is 5.26 Å². The van der Waals surface area contributed by atoms with Crippen molar-refractivity contribution in [2.45, 2.75) is 26.8 Å². The minimum atomic E-state index is -0.340. The van der Waals surface area contributed by atoms with Gasteiger partial charge in [0, 0.05) is 6.54 Å². The summed E-state index contributed by atoms with van der Waals surface area (Å²) in [4.78, 5) is 11.6. The molecule has 102 valence electrons. The maximum atomic E-state index is 11.6. The van der Waals surface area contributed by atoms with Gasteiger partial charge in [-0.25, -0.2) is 0 Å². The molecule has 0 aliphatic heterocycles. The second-order valence-corrected chi connectivity index (χ2v) is 5.18. The van der Waals surface area contributed by atoms with E-state index in [0.717, 1.165) is 12.0 Å². The molecule has 0 fully saturated rings. The van der Waals surface area contributed by atoms with Gasteiger partial charge in [-0.1, -0.05) is 30.3 Å². The van der Waals surface area contributed by atoms with Crippen LogP contribution in [0.2, 0.25) is 0 Å². The molecule has 0 aliphatic carbocycles. The molecule has 4 nitrogen and oxygen atoms in total. The van der Waals surface area contributed by atoms with Crippen molar-refractivity contribution in [3.8, 4) is 6.07 Å². The standard InChI is InChI=1S/C15H21N3O/c1-15(2,12-16)8-9-17-11-14(19)18-10-13-6-4-3-5-7-13/h3-7,17H,8-11H2,1-2H3,(H,18,19). The van der Waals surface area contributed by atoms with Crippen molar-refractivity contribution in [2.75, 3.05) is 13.1 Å². The lowest BCUT2D eigenvalue weighted by molar-refractivity contribution is -0.120. The van der Waals surface area contributed by atoms with Crippen LogP contribution < -0.4 is 10.6 Å². The summed E-state index contributed by atoms with van der Waals surface area (Å²) in [6.45, 7) is 5.28. The summed E-state index contributed by atoms with van der Waals surface area (Å²) in [5, 5.41) is 14.7. The zero-order valence-electron chi connectivity index (χ0n) is 11.6. The summed E-state index contributed by atoms with van der Waals surface area (Å²) in [7, 11) is 0. The lowest BCUT2D eigenvalue weighted by Gasteiger charge is -2.14. The van der Waals surface area contributed by atoms with Gasteiger partial charge in [0.1, 0.15) is 0 Å². The van der Waals surface area contributed by atoms with Crippen molar-refractivity contribution in [3.63, 3.8) is 0 Å². The van der Waals surface area contributed by atoms with Crippen molar-refractivity contribution in [2.24, 2.45) is 5.41 Å². The Morgan fingerprint density at radius 2 is 2.00 bits per heavy atom. The SMILES string of the molecule is CC(C)(C#N)CCNCC(=O)NCc1ccccc1. The van der Waals surface area contributed by atoms with Crippen LogP contribution >= 0.6 is 0 Å². The van der Waals surface area contributed by atoms with Crippen molar-refractivity contribution < 1.29 is 4.79 Å². The Morgan fingerprint density at radius 3 is 2.63 bits per heavy atom. The monoisotopic (exact) mass is 259 g/mol. The highest BCUT2D eigenvalue weighted by molar-refractivity contribution is 5.77. The van der Waals surface area contributed by atoms with Gasteiger partial charge in [-0.05, 0) is 32.4 Å². The fraction of sp³-hybridized carbons (Fsp3) is 0.467. The first-order valence-corrected chi connectivity index (χ1v) is 6.46. The Kier molecular flexibility index (Phi) is 6.04. The lowest BCUT2D eigenvalue weighted by atomic mass is 9.91. The first kappa shape index (κ1) is 15.2. The van der Waals surface area contributed by atoms with Crippen molar-refractivity contribution in [1.82, 2.24) is 10.6 Å². The third-order valence-electron chi connectivity index (χ3n) is 2.85. The molecule has 4 heteroatoms. The van der Waals surface area contributed by atoms with Crippen LogP contribution in [0.5, 0.6) is 0 Å². The summed E-state index contributed by atoms with van der Waals surface area (Å²) in [6, 6.07) is 12.0. The number of hydrogen-bond donors (Lipinski definition) is 2. The van der Waals surface area contributed by atoms with Gasteiger partial charge in [0.2, 0.25) is 5.91 Å². The molecule has 19 heavy (non-hydrogen) atoms. The van der Waals surface area contributed by atoms with Gasteiger partial charge >= 0.3 is 0 Å². The van der Waals surface area contributed by atoms with Crippen LogP contribution in [0.4, 0.5) is 0 Å². The average Bonchev–Trinajstić information content (AvgIpc) is 2.42. The van der Waals surface area contributed by atoms with Crippen LogP contribution in [0.1, 0.15) is 25.8 Å². The normalized spacial score (nSPS) is 10.8. The van der Waals surface area contributed by atoms with E-state index in [9.17, 15) is 4.79 Å². The molecule has 1 aromatic carbocycles. The van der Waals surface area contributed by atoms with E-state index in [4.69, 9.17) is 5.26 Å². The topological polar surface area (TPSA) is 64.9 Å². The molecule has 0 spiro atoms. The van der Waals surface area contributed by atoms with E-state index in [1.807, 2.05) is 44.2 Å². The van der Waals surface area contributed by atoms with Crippen LogP contribution in [-0.4, -0.2) is 19.0 Å². The maximum absolute atomic E-state index is 11.6. The molecule has 0 saturated heterocycles. The number of hydrogen-bond acceptors (Lipinski definition) is 3. The van der Waals surface area contributed by atoms with E-state index in [-0.39, 0.29) is 17.9 Å². The number of amides is 1.